The van der Waals surface area contributed by atoms with E-state index in [0.717, 1.165) is 37.0 Å². The maximum Gasteiger partial charge on any atom is 0.426 e. The topological polar surface area (TPSA) is 101 Å². The monoisotopic (exact) mass is 501 g/mol. The van der Waals surface area contributed by atoms with E-state index in [2.05, 4.69) is 17.1 Å². The van der Waals surface area contributed by atoms with Gasteiger partial charge in [-0.1, -0.05) is 49.2 Å². The van der Waals surface area contributed by atoms with Crippen LogP contribution in [0.25, 0.3) is 15.7 Å². The molecule has 7 nitrogen and oxygen atoms in total. The fourth-order valence-corrected chi connectivity index (χ4v) is 6.38. The third-order valence-electron chi connectivity index (χ3n) is 7.06. The summed E-state index contributed by atoms with van der Waals surface area (Å²) in [7, 11) is -2.55. The van der Waals surface area contributed by atoms with E-state index >= 15 is 0 Å². The van der Waals surface area contributed by atoms with Gasteiger partial charge in [0.25, 0.3) is 0 Å². The Morgan fingerprint density at radius 1 is 0.833 bits per heavy atom. The second kappa shape index (κ2) is 9.17. The van der Waals surface area contributed by atoms with Crippen molar-refractivity contribution in [2.24, 2.45) is 0 Å². The maximum absolute atomic E-state index is 13.2. The SMILES string of the molecule is COc1ccc(C2(c3ccc(OS(=O)(=O)c4cccc5c(O)c([N+]#N)ccc45)cc3)CCCC2)cc1. The lowest BCUT2D eigenvalue weighted by Gasteiger charge is -2.30. The third-order valence-corrected chi connectivity index (χ3v) is 8.37. The highest BCUT2D eigenvalue weighted by atomic mass is 32.2. The van der Waals surface area contributed by atoms with Gasteiger partial charge in [-0.15, -0.1) is 0 Å². The van der Waals surface area contributed by atoms with Gasteiger partial charge in [-0.2, -0.15) is 8.42 Å². The van der Waals surface area contributed by atoms with Gasteiger partial charge in [0, 0.05) is 22.3 Å². The molecule has 4 aromatic carbocycles. The Hall–Kier alpha value is -4.09. The summed E-state index contributed by atoms with van der Waals surface area (Å²) in [6.07, 6.45) is 4.27. The van der Waals surface area contributed by atoms with E-state index in [9.17, 15) is 13.5 Å². The van der Waals surface area contributed by atoms with Crippen molar-refractivity contribution in [2.45, 2.75) is 36.0 Å². The standard InChI is InChI=1S/C28H24N2O5S/c1-34-21-11-7-19(8-12-21)28(17-2-3-18-28)20-9-13-22(14-10-20)35-36(32,33)26-6-4-5-24-23(26)15-16-25(30-29)27(24)31/h4-16H,2-3,17-18H2,1H3/p+1. The minimum atomic E-state index is -4.20. The number of methoxy groups -OCH3 is 1. The van der Waals surface area contributed by atoms with E-state index in [1.807, 2.05) is 24.3 Å². The summed E-state index contributed by atoms with van der Waals surface area (Å²) >= 11 is 0. The van der Waals surface area contributed by atoms with E-state index in [1.165, 1.54) is 29.8 Å². The number of hydrogen-bond donors (Lipinski definition) is 1. The number of phenolic OH excluding ortho intramolecular Hbond substituents is 1. The molecule has 0 aromatic heterocycles. The molecule has 0 amide bonds. The van der Waals surface area contributed by atoms with Gasteiger partial charge in [0.1, 0.15) is 16.4 Å². The number of ether oxygens (including phenoxy) is 1. The molecule has 0 heterocycles. The van der Waals surface area contributed by atoms with Gasteiger partial charge in [-0.25, -0.2) is 0 Å². The molecule has 1 fully saturated rings. The van der Waals surface area contributed by atoms with Crippen molar-refractivity contribution in [3.63, 3.8) is 0 Å². The minimum Gasteiger partial charge on any atom is -0.501 e. The van der Waals surface area contributed by atoms with Crippen molar-refractivity contribution in [3.05, 3.63) is 95.0 Å². The van der Waals surface area contributed by atoms with Crippen LogP contribution >= 0.6 is 0 Å². The predicted molar refractivity (Wildman–Crippen MR) is 137 cm³/mol. The molecule has 0 unspecified atom stereocenters. The van der Waals surface area contributed by atoms with Crippen molar-refractivity contribution in [1.29, 1.82) is 5.39 Å². The van der Waals surface area contributed by atoms with Crippen LogP contribution in [0.2, 0.25) is 0 Å². The van der Waals surface area contributed by atoms with Crippen molar-refractivity contribution in [2.75, 3.05) is 7.11 Å². The number of hydrogen-bond acceptors (Lipinski definition) is 6. The predicted octanol–water partition coefficient (Wildman–Crippen LogP) is 6.67. The summed E-state index contributed by atoms with van der Waals surface area (Å²) in [6.45, 7) is 0. The molecule has 0 atom stereocenters. The summed E-state index contributed by atoms with van der Waals surface area (Å²) in [6, 6.07) is 22.7. The number of phenols is 1. The second-order valence-corrected chi connectivity index (χ2v) is 10.5. The highest BCUT2D eigenvalue weighted by Crippen LogP contribution is 2.47. The smallest absolute Gasteiger partial charge is 0.426 e. The molecule has 4 aromatic rings. The minimum absolute atomic E-state index is 0.0498. The summed E-state index contributed by atoms with van der Waals surface area (Å²) in [4.78, 5) is 2.93. The Bertz CT molecular complexity index is 1570. The fourth-order valence-electron chi connectivity index (χ4n) is 5.23. The lowest BCUT2D eigenvalue weighted by atomic mass is 9.73. The normalized spacial score (nSPS) is 14.9. The fraction of sp³-hybridized carbons (Fsp3) is 0.214. The largest absolute Gasteiger partial charge is 0.501 e. The first kappa shape index (κ1) is 23.6. The van der Waals surface area contributed by atoms with Crippen molar-refractivity contribution >= 4 is 26.6 Å². The molecule has 0 radical (unpaired) electrons. The number of diazo groups is 1. The zero-order valence-corrected chi connectivity index (χ0v) is 20.5. The third kappa shape index (κ3) is 4.01. The number of nitrogens with zero attached hydrogens (tertiary/aromatic N) is 2. The van der Waals surface area contributed by atoms with Crippen LogP contribution in [0.15, 0.2) is 83.8 Å². The Kier molecular flexibility index (Phi) is 6.02. The van der Waals surface area contributed by atoms with E-state index in [-0.39, 0.29) is 38.3 Å². The molecular weight excluding hydrogens is 476 g/mol. The maximum atomic E-state index is 13.2. The Balaban J connectivity index is 1.46. The molecule has 1 aliphatic carbocycles. The molecule has 0 spiro atoms. The van der Waals surface area contributed by atoms with Crippen molar-refractivity contribution < 1.29 is 22.4 Å². The summed E-state index contributed by atoms with van der Waals surface area (Å²) in [5.41, 5.74) is 2.15. The number of fused-ring (bicyclic) bond motifs is 1. The molecule has 36 heavy (non-hydrogen) atoms. The van der Waals surface area contributed by atoms with E-state index in [4.69, 9.17) is 14.3 Å². The first-order valence-electron chi connectivity index (χ1n) is 11.7. The lowest BCUT2D eigenvalue weighted by Crippen LogP contribution is -2.23. The molecule has 0 saturated heterocycles. The van der Waals surface area contributed by atoms with Gasteiger partial charge in [-0.3, -0.25) is 0 Å². The van der Waals surface area contributed by atoms with Crippen LogP contribution in [-0.4, -0.2) is 20.6 Å². The van der Waals surface area contributed by atoms with Gasteiger partial charge in [0.2, 0.25) is 11.1 Å². The summed E-state index contributed by atoms with van der Waals surface area (Å²) < 4.78 is 37.1. The number of benzene rings is 4. The molecule has 0 aliphatic heterocycles. The van der Waals surface area contributed by atoms with Crippen LogP contribution in [0, 0.1) is 5.39 Å². The first-order valence-corrected chi connectivity index (χ1v) is 13.1. The van der Waals surface area contributed by atoms with Crippen LogP contribution in [0.3, 0.4) is 0 Å². The molecular formula is C28H25N2O5S+. The first-order chi connectivity index (χ1) is 17.4. The average Bonchev–Trinajstić information content (AvgIpc) is 3.40. The van der Waals surface area contributed by atoms with Gasteiger partial charge in [0.05, 0.1) is 7.11 Å². The Labute approximate surface area is 209 Å². The quantitative estimate of drug-likeness (QED) is 0.234. The van der Waals surface area contributed by atoms with Crippen LogP contribution in [0.4, 0.5) is 5.69 Å². The zero-order chi connectivity index (χ0) is 25.3. The Morgan fingerprint density at radius 3 is 2.03 bits per heavy atom. The Morgan fingerprint density at radius 2 is 1.44 bits per heavy atom. The molecule has 1 saturated carbocycles. The van der Waals surface area contributed by atoms with Gasteiger partial charge in [-0.05, 0) is 60.4 Å². The van der Waals surface area contributed by atoms with Crippen molar-refractivity contribution in [3.8, 4) is 17.2 Å². The highest BCUT2D eigenvalue weighted by Gasteiger charge is 2.37. The summed E-state index contributed by atoms with van der Waals surface area (Å²) in [5.74, 6) is 0.700. The lowest BCUT2D eigenvalue weighted by molar-refractivity contribution is 0.414. The van der Waals surface area contributed by atoms with Crippen LogP contribution in [-0.2, 0) is 15.5 Å². The van der Waals surface area contributed by atoms with Crippen molar-refractivity contribution in [1.82, 2.24) is 0 Å². The van der Waals surface area contributed by atoms with Crippen LogP contribution in [0.1, 0.15) is 36.8 Å². The molecule has 1 N–H and O–H groups in total. The highest BCUT2D eigenvalue weighted by molar-refractivity contribution is 7.87. The zero-order valence-electron chi connectivity index (χ0n) is 19.7. The second-order valence-electron chi connectivity index (χ2n) is 8.96. The van der Waals surface area contributed by atoms with E-state index in [0.29, 0.717) is 0 Å². The van der Waals surface area contributed by atoms with Gasteiger partial charge >= 0.3 is 15.8 Å². The molecule has 5 rings (SSSR count). The van der Waals surface area contributed by atoms with Gasteiger partial charge < -0.3 is 14.0 Å². The van der Waals surface area contributed by atoms with E-state index in [1.54, 1.807) is 25.3 Å². The van der Waals surface area contributed by atoms with Crippen LogP contribution < -0.4 is 8.92 Å². The molecule has 0 bridgehead atoms. The van der Waals surface area contributed by atoms with Gasteiger partial charge in [0.15, 0.2) is 4.98 Å². The summed E-state index contributed by atoms with van der Waals surface area (Å²) in [5, 5.41) is 19.9. The van der Waals surface area contributed by atoms with E-state index < -0.39 is 10.1 Å². The molecule has 8 heteroatoms. The molecule has 1 aliphatic rings. The average molecular weight is 502 g/mol. The molecule has 182 valence electrons. The van der Waals surface area contributed by atoms with Crippen LogP contribution in [0.5, 0.6) is 17.2 Å². The number of rotatable bonds is 6. The number of aromatic hydroxyl groups is 1.